The lowest BCUT2D eigenvalue weighted by Gasteiger charge is -2.37. The number of aryl methyl sites for hydroxylation is 1. The molecule has 0 heterocycles. The molecule has 0 aromatic heterocycles. The van der Waals surface area contributed by atoms with Crippen LogP contribution in [0.4, 0.5) is 0 Å². The minimum absolute atomic E-state index is 0.234. The molecule has 78 valence electrons. The van der Waals surface area contributed by atoms with Crippen LogP contribution in [-0.4, -0.2) is 11.2 Å². The predicted molar refractivity (Wildman–Crippen MR) is 56.5 cm³/mol. The zero-order valence-electron chi connectivity index (χ0n) is 8.66. The molecule has 0 radical (unpaired) electrons. The second-order valence-electron chi connectivity index (χ2n) is 4.15. The molecule has 0 amide bonds. The van der Waals surface area contributed by atoms with Crippen molar-refractivity contribution in [3.8, 4) is 5.75 Å². The highest BCUT2D eigenvalue weighted by atomic mass is 16.3. The summed E-state index contributed by atoms with van der Waals surface area (Å²) in [6.45, 7) is 1.92. The van der Waals surface area contributed by atoms with E-state index in [-0.39, 0.29) is 5.75 Å². The van der Waals surface area contributed by atoms with Crippen molar-refractivity contribution in [3.63, 3.8) is 0 Å². The van der Waals surface area contributed by atoms with Gasteiger partial charge in [0.1, 0.15) is 5.75 Å². The van der Waals surface area contributed by atoms with Crippen LogP contribution in [0.1, 0.15) is 30.4 Å². The number of isocyanates is 1. The lowest BCUT2D eigenvalue weighted by atomic mass is 9.72. The summed E-state index contributed by atoms with van der Waals surface area (Å²) in [6, 6.07) is 5.35. The summed E-state index contributed by atoms with van der Waals surface area (Å²) < 4.78 is 0. The molecule has 0 saturated heterocycles. The first-order chi connectivity index (χ1) is 7.16. The van der Waals surface area contributed by atoms with Gasteiger partial charge in [-0.05, 0) is 49.4 Å². The van der Waals surface area contributed by atoms with Gasteiger partial charge in [-0.25, -0.2) is 4.79 Å². The number of nitrogens with zero attached hydrogens (tertiary/aromatic N) is 1. The van der Waals surface area contributed by atoms with E-state index in [1.807, 2.05) is 13.0 Å². The van der Waals surface area contributed by atoms with E-state index in [2.05, 4.69) is 4.99 Å². The molecule has 0 unspecified atom stereocenters. The van der Waals surface area contributed by atoms with E-state index in [1.54, 1.807) is 18.2 Å². The molecular weight excluding hydrogens is 190 g/mol. The van der Waals surface area contributed by atoms with Gasteiger partial charge in [0.2, 0.25) is 6.08 Å². The van der Waals surface area contributed by atoms with Gasteiger partial charge in [0.05, 0.1) is 5.54 Å². The fourth-order valence-electron chi connectivity index (χ4n) is 2.10. The number of aliphatic imine (C=N–C) groups is 1. The molecule has 1 aromatic rings. The fourth-order valence-corrected chi connectivity index (χ4v) is 2.10. The highest BCUT2D eigenvalue weighted by Gasteiger charge is 2.39. The summed E-state index contributed by atoms with van der Waals surface area (Å²) in [5.74, 6) is 0.234. The monoisotopic (exact) mass is 203 g/mol. The smallest absolute Gasteiger partial charge is 0.235 e. The van der Waals surface area contributed by atoms with Crippen molar-refractivity contribution >= 4 is 6.08 Å². The Morgan fingerprint density at radius 2 is 2.13 bits per heavy atom. The standard InChI is InChI=1S/C12H13NO2/c1-9-5-10(7-11(15)6-9)12(13-8-14)3-2-4-12/h5-7,15H,2-4H2,1H3. The molecule has 1 aromatic carbocycles. The van der Waals surface area contributed by atoms with E-state index in [1.165, 1.54) is 0 Å². The zero-order valence-corrected chi connectivity index (χ0v) is 8.66. The van der Waals surface area contributed by atoms with Gasteiger partial charge < -0.3 is 5.11 Å². The second-order valence-corrected chi connectivity index (χ2v) is 4.15. The van der Waals surface area contributed by atoms with E-state index >= 15 is 0 Å². The number of aromatic hydroxyl groups is 1. The maximum atomic E-state index is 10.4. The maximum absolute atomic E-state index is 10.4. The molecule has 3 nitrogen and oxygen atoms in total. The normalized spacial score (nSPS) is 17.7. The largest absolute Gasteiger partial charge is 0.508 e. The average molecular weight is 203 g/mol. The van der Waals surface area contributed by atoms with E-state index < -0.39 is 5.54 Å². The van der Waals surface area contributed by atoms with Crippen molar-refractivity contribution in [1.82, 2.24) is 0 Å². The van der Waals surface area contributed by atoms with Crippen molar-refractivity contribution in [2.75, 3.05) is 0 Å². The Labute approximate surface area is 88.5 Å². The average Bonchev–Trinajstić information content (AvgIpc) is 2.09. The van der Waals surface area contributed by atoms with E-state index in [0.717, 1.165) is 30.4 Å². The molecule has 1 saturated carbocycles. The van der Waals surface area contributed by atoms with Crippen LogP contribution >= 0.6 is 0 Å². The van der Waals surface area contributed by atoms with Crippen molar-refractivity contribution < 1.29 is 9.90 Å². The highest BCUT2D eigenvalue weighted by Crippen LogP contribution is 2.45. The molecular formula is C12H13NO2. The predicted octanol–water partition coefficient (Wildman–Crippen LogP) is 2.42. The Morgan fingerprint density at radius 1 is 1.40 bits per heavy atom. The number of hydrogen-bond donors (Lipinski definition) is 1. The molecule has 2 rings (SSSR count). The Kier molecular flexibility index (Phi) is 2.33. The van der Waals surface area contributed by atoms with E-state index in [9.17, 15) is 9.90 Å². The summed E-state index contributed by atoms with van der Waals surface area (Å²) in [5.41, 5.74) is 1.50. The van der Waals surface area contributed by atoms with Crippen LogP contribution in [0.15, 0.2) is 23.2 Å². The first-order valence-corrected chi connectivity index (χ1v) is 5.06. The first kappa shape index (κ1) is 9.94. The quantitative estimate of drug-likeness (QED) is 0.592. The summed E-state index contributed by atoms with van der Waals surface area (Å²) in [5, 5.41) is 9.50. The molecule has 1 aliphatic carbocycles. The topological polar surface area (TPSA) is 49.7 Å². The van der Waals surface area contributed by atoms with Crippen LogP contribution in [0.25, 0.3) is 0 Å². The molecule has 0 atom stereocenters. The molecule has 3 heteroatoms. The van der Waals surface area contributed by atoms with Gasteiger partial charge in [-0.15, -0.1) is 0 Å². The SMILES string of the molecule is Cc1cc(O)cc(C2(N=C=O)CCC2)c1. The van der Waals surface area contributed by atoms with Crippen molar-refractivity contribution in [2.45, 2.75) is 31.7 Å². The summed E-state index contributed by atoms with van der Waals surface area (Å²) >= 11 is 0. The van der Waals surface area contributed by atoms with Crippen LogP contribution < -0.4 is 0 Å². The molecule has 15 heavy (non-hydrogen) atoms. The zero-order chi connectivity index (χ0) is 10.9. The van der Waals surface area contributed by atoms with Gasteiger partial charge in [0.15, 0.2) is 0 Å². The lowest BCUT2D eigenvalue weighted by Crippen LogP contribution is -2.31. The second kappa shape index (κ2) is 3.52. The highest BCUT2D eigenvalue weighted by molar-refractivity contribution is 5.43. The number of phenols is 1. The van der Waals surface area contributed by atoms with Crippen LogP contribution in [-0.2, 0) is 10.3 Å². The van der Waals surface area contributed by atoms with Gasteiger partial charge in [0, 0.05) is 0 Å². The third-order valence-electron chi connectivity index (χ3n) is 3.04. The summed E-state index contributed by atoms with van der Waals surface area (Å²) in [6.07, 6.45) is 4.44. The Hall–Kier alpha value is -1.60. The Bertz CT molecular complexity index is 409. The van der Waals surface area contributed by atoms with Gasteiger partial charge in [-0.3, -0.25) is 0 Å². The van der Waals surface area contributed by atoms with Crippen molar-refractivity contribution in [1.29, 1.82) is 0 Å². The summed E-state index contributed by atoms with van der Waals surface area (Å²) in [7, 11) is 0. The van der Waals surface area contributed by atoms with Crippen molar-refractivity contribution in [3.05, 3.63) is 29.3 Å². The lowest BCUT2D eigenvalue weighted by molar-refractivity contribution is 0.255. The molecule has 0 aliphatic heterocycles. The van der Waals surface area contributed by atoms with Gasteiger partial charge in [-0.1, -0.05) is 6.07 Å². The number of benzene rings is 1. The van der Waals surface area contributed by atoms with Crippen LogP contribution in [0.5, 0.6) is 5.75 Å². The number of carbonyl (C=O) groups excluding carboxylic acids is 1. The molecule has 1 fully saturated rings. The van der Waals surface area contributed by atoms with Crippen LogP contribution in [0.2, 0.25) is 0 Å². The Balaban J connectivity index is 2.47. The minimum atomic E-state index is -0.411. The fraction of sp³-hybridized carbons (Fsp3) is 0.417. The van der Waals surface area contributed by atoms with Gasteiger partial charge in [-0.2, -0.15) is 4.99 Å². The third kappa shape index (κ3) is 1.66. The van der Waals surface area contributed by atoms with E-state index in [0.29, 0.717) is 0 Å². The molecule has 1 aliphatic rings. The third-order valence-corrected chi connectivity index (χ3v) is 3.04. The van der Waals surface area contributed by atoms with Crippen LogP contribution in [0.3, 0.4) is 0 Å². The summed E-state index contributed by atoms with van der Waals surface area (Å²) in [4.78, 5) is 14.3. The number of hydrogen-bond acceptors (Lipinski definition) is 3. The van der Waals surface area contributed by atoms with Crippen molar-refractivity contribution in [2.24, 2.45) is 4.99 Å². The Morgan fingerprint density at radius 3 is 2.60 bits per heavy atom. The maximum Gasteiger partial charge on any atom is 0.235 e. The first-order valence-electron chi connectivity index (χ1n) is 5.06. The minimum Gasteiger partial charge on any atom is -0.508 e. The number of phenolic OH excluding ortho intramolecular Hbond substituents is 1. The number of rotatable bonds is 2. The van der Waals surface area contributed by atoms with E-state index in [4.69, 9.17) is 0 Å². The van der Waals surface area contributed by atoms with Crippen LogP contribution in [0, 0.1) is 6.92 Å². The molecule has 0 bridgehead atoms. The molecule has 1 N–H and O–H groups in total. The van der Waals surface area contributed by atoms with Gasteiger partial charge in [0.25, 0.3) is 0 Å². The molecule has 0 spiro atoms. The van der Waals surface area contributed by atoms with Gasteiger partial charge >= 0.3 is 0 Å².